The van der Waals surface area contributed by atoms with Crippen LogP contribution in [0.2, 0.25) is 0 Å². The summed E-state index contributed by atoms with van der Waals surface area (Å²) in [6, 6.07) is 0. The third-order valence-corrected chi connectivity index (χ3v) is 2.27. The van der Waals surface area contributed by atoms with E-state index in [1.807, 2.05) is 13.0 Å². The third-order valence-electron chi connectivity index (χ3n) is 2.27. The lowest BCUT2D eigenvalue weighted by Crippen LogP contribution is -2.03. The quantitative estimate of drug-likeness (QED) is 0.565. The van der Waals surface area contributed by atoms with Gasteiger partial charge in [0.1, 0.15) is 6.33 Å². The Kier molecular flexibility index (Phi) is 3.20. The molecule has 0 bridgehead atoms. The van der Waals surface area contributed by atoms with E-state index >= 15 is 0 Å². The van der Waals surface area contributed by atoms with Crippen LogP contribution in [0.4, 0.5) is 11.8 Å². The number of nitrogens with one attached hydrogen (secondary N) is 2. The van der Waals surface area contributed by atoms with Gasteiger partial charge in [-0.25, -0.2) is 15.0 Å². The smallest absolute Gasteiger partial charge is 0.199 e. The summed E-state index contributed by atoms with van der Waals surface area (Å²) in [4.78, 5) is 15.0. The lowest BCUT2D eigenvalue weighted by molar-refractivity contribution is 0.331. The minimum atomic E-state index is 0.0518. The summed E-state index contributed by atoms with van der Waals surface area (Å²) in [6.07, 6.45) is 3.31. The fourth-order valence-corrected chi connectivity index (χ4v) is 1.36. The minimum absolute atomic E-state index is 0.0518. The van der Waals surface area contributed by atoms with E-state index in [-0.39, 0.29) is 6.61 Å². The van der Waals surface area contributed by atoms with Gasteiger partial charge in [0, 0.05) is 6.54 Å². The number of hydrogen-bond acceptors (Lipinski definition) is 6. The number of fused-ring (bicyclic) bond motifs is 1. The fraction of sp³-hybridized carbons (Fsp3) is 0.300. The SMILES string of the molecule is C/C(=C\CNc1ncnc2[nH]c(N)nc12)CO. The number of nitrogen functional groups attached to an aromatic ring is 1. The van der Waals surface area contributed by atoms with Gasteiger partial charge in [0.2, 0.25) is 0 Å². The molecule has 0 atom stereocenters. The highest BCUT2D eigenvalue weighted by atomic mass is 16.3. The molecule has 0 amide bonds. The van der Waals surface area contributed by atoms with E-state index in [4.69, 9.17) is 10.8 Å². The molecule has 0 aromatic carbocycles. The van der Waals surface area contributed by atoms with Gasteiger partial charge in [0.05, 0.1) is 6.61 Å². The summed E-state index contributed by atoms with van der Waals surface area (Å²) < 4.78 is 0. The van der Waals surface area contributed by atoms with Gasteiger partial charge in [-0.1, -0.05) is 11.6 Å². The predicted molar refractivity (Wildman–Crippen MR) is 65.4 cm³/mol. The van der Waals surface area contributed by atoms with Crippen molar-refractivity contribution in [1.29, 1.82) is 0 Å². The number of aromatic amines is 1. The van der Waals surface area contributed by atoms with Gasteiger partial charge in [-0.15, -0.1) is 0 Å². The van der Waals surface area contributed by atoms with Gasteiger partial charge < -0.3 is 21.1 Å². The highest BCUT2D eigenvalue weighted by Gasteiger charge is 2.06. The third kappa shape index (κ3) is 2.51. The van der Waals surface area contributed by atoms with E-state index in [2.05, 4.69) is 25.3 Å². The number of hydrogen-bond donors (Lipinski definition) is 4. The van der Waals surface area contributed by atoms with Crippen molar-refractivity contribution in [1.82, 2.24) is 19.9 Å². The van der Waals surface area contributed by atoms with Crippen LogP contribution in [-0.4, -0.2) is 38.2 Å². The molecular formula is C10H14N6O. The molecule has 0 radical (unpaired) electrons. The Balaban J connectivity index is 2.18. The van der Waals surface area contributed by atoms with Crippen LogP contribution in [0.5, 0.6) is 0 Å². The molecule has 90 valence electrons. The number of imidazole rings is 1. The second kappa shape index (κ2) is 4.79. The lowest BCUT2D eigenvalue weighted by Gasteiger charge is -2.02. The Morgan fingerprint density at radius 2 is 2.41 bits per heavy atom. The first-order chi connectivity index (χ1) is 8.20. The number of aliphatic hydroxyl groups is 1. The van der Waals surface area contributed by atoms with E-state index < -0.39 is 0 Å². The summed E-state index contributed by atoms with van der Waals surface area (Å²) in [5.74, 6) is 0.926. The molecule has 0 unspecified atom stereocenters. The molecule has 2 heterocycles. The Morgan fingerprint density at radius 3 is 3.18 bits per heavy atom. The zero-order valence-corrected chi connectivity index (χ0v) is 9.44. The first kappa shape index (κ1) is 11.3. The van der Waals surface area contributed by atoms with Gasteiger partial charge in [-0.3, -0.25) is 0 Å². The maximum absolute atomic E-state index is 8.85. The summed E-state index contributed by atoms with van der Waals surface area (Å²) >= 11 is 0. The van der Waals surface area contributed by atoms with Crippen molar-refractivity contribution in [2.75, 3.05) is 24.2 Å². The van der Waals surface area contributed by atoms with Gasteiger partial charge in [-0.05, 0) is 6.92 Å². The molecule has 0 fully saturated rings. The van der Waals surface area contributed by atoms with E-state index in [1.54, 1.807) is 0 Å². The molecule has 2 aromatic rings. The largest absolute Gasteiger partial charge is 0.392 e. The van der Waals surface area contributed by atoms with Crippen molar-refractivity contribution >= 4 is 22.9 Å². The second-order valence-corrected chi connectivity index (χ2v) is 3.63. The van der Waals surface area contributed by atoms with Gasteiger partial charge in [0.15, 0.2) is 22.9 Å². The zero-order valence-electron chi connectivity index (χ0n) is 9.44. The molecule has 2 aromatic heterocycles. The molecule has 7 nitrogen and oxygen atoms in total. The number of anilines is 2. The van der Waals surface area contributed by atoms with E-state index in [0.717, 1.165) is 5.57 Å². The number of aromatic nitrogens is 4. The first-order valence-corrected chi connectivity index (χ1v) is 5.17. The van der Waals surface area contributed by atoms with Crippen molar-refractivity contribution < 1.29 is 5.11 Å². The maximum Gasteiger partial charge on any atom is 0.199 e. The maximum atomic E-state index is 8.85. The molecule has 2 rings (SSSR count). The molecule has 0 saturated carbocycles. The van der Waals surface area contributed by atoms with Crippen LogP contribution in [0.1, 0.15) is 6.92 Å². The van der Waals surface area contributed by atoms with E-state index in [9.17, 15) is 0 Å². The van der Waals surface area contributed by atoms with E-state index in [0.29, 0.717) is 29.5 Å². The van der Waals surface area contributed by atoms with Crippen molar-refractivity contribution in [2.45, 2.75) is 6.92 Å². The average molecular weight is 234 g/mol. The van der Waals surface area contributed by atoms with Crippen LogP contribution in [0.3, 0.4) is 0 Å². The highest BCUT2D eigenvalue weighted by Crippen LogP contribution is 2.16. The van der Waals surface area contributed by atoms with Crippen LogP contribution < -0.4 is 11.1 Å². The Labute approximate surface area is 97.8 Å². The Hall–Kier alpha value is -2.15. The summed E-state index contributed by atoms with van der Waals surface area (Å²) in [5, 5.41) is 11.9. The van der Waals surface area contributed by atoms with Crippen molar-refractivity contribution in [2.24, 2.45) is 0 Å². The normalized spacial score (nSPS) is 12.0. The van der Waals surface area contributed by atoms with Crippen LogP contribution in [-0.2, 0) is 0 Å². The second-order valence-electron chi connectivity index (χ2n) is 3.63. The topological polar surface area (TPSA) is 113 Å². The number of rotatable bonds is 4. The predicted octanol–water partition coefficient (Wildman–Crippen LogP) is 0.286. The number of H-pyrrole nitrogens is 1. The molecule has 5 N–H and O–H groups in total. The molecule has 0 saturated heterocycles. The fourth-order valence-electron chi connectivity index (χ4n) is 1.36. The summed E-state index contributed by atoms with van der Waals surface area (Å²) in [7, 11) is 0. The standard InChI is InChI=1S/C10H14N6O/c1-6(4-17)2-3-12-8-7-9(14-5-13-8)16-10(11)15-7/h2,5,17H,3-4H2,1H3,(H4,11,12,13,14,15,16)/b6-2+. The van der Waals surface area contributed by atoms with E-state index in [1.165, 1.54) is 6.33 Å². The monoisotopic (exact) mass is 234 g/mol. The van der Waals surface area contributed by atoms with Gasteiger partial charge >= 0.3 is 0 Å². The van der Waals surface area contributed by atoms with Crippen LogP contribution in [0.25, 0.3) is 11.2 Å². The molecular weight excluding hydrogens is 220 g/mol. The minimum Gasteiger partial charge on any atom is -0.392 e. The number of aliphatic hydroxyl groups excluding tert-OH is 1. The average Bonchev–Trinajstić information content (AvgIpc) is 2.70. The molecule has 7 heteroatoms. The number of nitrogens with two attached hydrogens (primary N) is 1. The molecule has 0 spiro atoms. The number of nitrogens with zero attached hydrogens (tertiary/aromatic N) is 3. The molecule has 17 heavy (non-hydrogen) atoms. The lowest BCUT2D eigenvalue weighted by atomic mass is 10.3. The van der Waals surface area contributed by atoms with Gasteiger partial charge in [0.25, 0.3) is 0 Å². The first-order valence-electron chi connectivity index (χ1n) is 5.17. The summed E-state index contributed by atoms with van der Waals surface area (Å²) in [6.45, 7) is 2.46. The van der Waals surface area contributed by atoms with Crippen molar-refractivity contribution in [3.8, 4) is 0 Å². The van der Waals surface area contributed by atoms with Crippen LogP contribution in [0, 0.1) is 0 Å². The van der Waals surface area contributed by atoms with Crippen molar-refractivity contribution in [3.63, 3.8) is 0 Å². The Morgan fingerprint density at radius 1 is 1.59 bits per heavy atom. The Bertz CT molecular complexity index is 547. The van der Waals surface area contributed by atoms with Crippen LogP contribution >= 0.6 is 0 Å². The summed E-state index contributed by atoms with van der Waals surface area (Å²) in [5.41, 5.74) is 7.65. The van der Waals surface area contributed by atoms with Gasteiger partial charge in [-0.2, -0.15) is 0 Å². The molecule has 0 aliphatic rings. The molecule has 0 aliphatic heterocycles. The zero-order chi connectivity index (χ0) is 12.3. The van der Waals surface area contributed by atoms with Crippen LogP contribution in [0.15, 0.2) is 18.0 Å². The molecule has 0 aliphatic carbocycles. The van der Waals surface area contributed by atoms with Crippen molar-refractivity contribution in [3.05, 3.63) is 18.0 Å². The highest BCUT2D eigenvalue weighted by molar-refractivity contribution is 5.84.